The SMILES string of the molecule is CC1=[C-]C(C)([Si](c2ccccc2)(c2cc(C)cc([Si](C)(C)C)c2)c2c(C)cccc2C)C(C)=C1C.[CH3-].[CH3-].[Ti+3]. The molecule has 0 aromatic heterocycles. The molecule has 0 nitrogen and oxygen atoms in total. The van der Waals surface area contributed by atoms with E-state index < -0.39 is 16.1 Å². The van der Waals surface area contributed by atoms with Crippen LogP contribution in [0.25, 0.3) is 0 Å². The van der Waals surface area contributed by atoms with Crippen molar-refractivity contribution in [1.82, 2.24) is 0 Å². The molecule has 0 amide bonds. The van der Waals surface area contributed by atoms with E-state index in [1.54, 1.807) is 10.4 Å². The standard InChI is InChI=1S/C33H41Si2.2CH3.Ti/c1-23-19-30(34(8,9)10)21-31(20-23)35(29-17-12-11-13-18-29,32-24(2)15-14-16-25(32)3)33(7)22-26(4)27(5)28(33)6;;;/h11-21H,1-10H3;2*1H3;/q3*-1;+3. The Balaban J connectivity index is 0.00000241. The third-order valence-corrected chi connectivity index (χ3v) is 16.4. The van der Waals surface area contributed by atoms with E-state index in [0.29, 0.717) is 0 Å². The molecular formula is C35H47Si2Ti. The van der Waals surface area contributed by atoms with Gasteiger partial charge in [0.25, 0.3) is 0 Å². The quantitative estimate of drug-likeness (QED) is 0.170. The third-order valence-electron chi connectivity index (χ3n) is 8.50. The normalized spacial score (nSPS) is 18.5. The fraction of sp³-hybridized carbons (Fsp3) is 0.314. The van der Waals surface area contributed by atoms with E-state index in [4.69, 9.17) is 0 Å². The molecular weight excluding hydrogens is 524 g/mol. The summed E-state index contributed by atoms with van der Waals surface area (Å²) < 4.78 is 0. The average Bonchev–Trinajstić information content (AvgIpc) is 2.99. The van der Waals surface area contributed by atoms with Gasteiger partial charge in [0.1, 0.15) is 8.07 Å². The first-order valence-corrected chi connectivity index (χ1v) is 18.4. The minimum atomic E-state index is -2.66. The Morgan fingerprint density at radius 2 is 1.18 bits per heavy atom. The first-order chi connectivity index (χ1) is 16.3. The molecule has 1 aliphatic carbocycles. The van der Waals surface area contributed by atoms with Crippen LogP contribution in [-0.4, -0.2) is 16.1 Å². The number of allylic oxidation sites excluding steroid dienone is 4. The fourth-order valence-corrected chi connectivity index (χ4v) is 14.3. The maximum absolute atomic E-state index is 4.11. The number of benzene rings is 3. The molecule has 0 spiro atoms. The fourth-order valence-electron chi connectivity index (χ4n) is 6.40. The van der Waals surface area contributed by atoms with Crippen LogP contribution in [0.15, 0.2) is 83.4 Å². The third kappa shape index (κ3) is 5.35. The molecule has 0 saturated carbocycles. The molecule has 2 unspecified atom stereocenters. The van der Waals surface area contributed by atoms with Crippen LogP contribution >= 0.6 is 0 Å². The molecule has 1 radical (unpaired) electrons. The van der Waals surface area contributed by atoms with Crippen molar-refractivity contribution in [1.29, 1.82) is 0 Å². The summed E-state index contributed by atoms with van der Waals surface area (Å²) in [5, 5.41) is 5.91. The maximum atomic E-state index is 4.11. The Bertz CT molecular complexity index is 1320. The molecule has 0 saturated heterocycles. The molecule has 199 valence electrons. The van der Waals surface area contributed by atoms with Gasteiger partial charge in [-0.15, -0.1) is 6.92 Å². The van der Waals surface area contributed by atoms with Crippen LogP contribution in [0, 0.1) is 41.7 Å². The van der Waals surface area contributed by atoms with Crippen LogP contribution in [0.5, 0.6) is 0 Å². The molecule has 3 aromatic rings. The first kappa shape index (κ1) is 34.3. The van der Waals surface area contributed by atoms with Gasteiger partial charge in [0.15, 0.2) is 0 Å². The van der Waals surface area contributed by atoms with Crippen molar-refractivity contribution in [2.24, 2.45) is 0 Å². The van der Waals surface area contributed by atoms with Gasteiger partial charge < -0.3 is 14.9 Å². The minimum Gasteiger partial charge on any atom is -0.358 e. The molecule has 2 atom stereocenters. The maximum Gasteiger partial charge on any atom is 3.00 e. The zero-order valence-electron chi connectivity index (χ0n) is 25.9. The largest absolute Gasteiger partial charge is 3.00 e. The van der Waals surface area contributed by atoms with Crippen LogP contribution < -0.4 is 20.7 Å². The second-order valence-electron chi connectivity index (χ2n) is 11.8. The van der Waals surface area contributed by atoms with Crippen molar-refractivity contribution in [3.05, 3.63) is 121 Å². The van der Waals surface area contributed by atoms with Gasteiger partial charge in [0.05, 0.1) is 8.07 Å². The Morgan fingerprint density at radius 1 is 0.658 bits per heavy atom. The summed E-state index contributed by atoms with van der Waals surface area (Å²) in [5.74, 6) is 0. The van der Waals surface area contributed by atoms with Crippen molar-refractivity contribution in [2.75, 3.05) is 0 Å². The van der Waals surface area contributed by atoms with Gasteiger partial charge in [-0.25, -0.2) is 5.57 Å². The Kier molecular flexibility index (Phi) is 11.0. The number of hydrogen-bond donors (Lipinski definition) is 0. The zero-order valence-corrected chi connectivity index (χ0v) is 29.4. The van der Waals surface area contributed by atoms with Crippen LogP contribution in [0.3, 0.4) is 0 Å². The van der Waals surface area contributed by atoms with Crippen LogP contribution in [0.4, 0.5) is 0 Å². The van der Waals surface area contributed by atoms with Crippen molar-refractivity contribution in [3.8, 4) is 0 Å². The van der Waals surface area contributed by atoms with E-state index in [1.165, 1.54) is 43.8 Å². The van der Waals surface area contributed by atoms with Crippen LogP contribution in [0.2, 0.25) is 24.7 Å². The smallest absolute Gasteiger partial charge is 0.358 e. The molecule has 0 aliphatic heterocycles. The first-order valence-electron chi connectivity index (χ1n) is 12.9. The van der Waals surface area contributed by atoms with Gasteiger partial charge in [0, 0.05) is 0 Å². The van der Waals surface area contributed by atoms with Crippen LogP contribution in [-0.2, 0) is 21.7 Å². The average molecular weight is 572 g/mol. The molecule has 1 aliphatic rings. The molecule has 0 N–H and O–H groups in total. The van der Waals surface area contributed by atoms with E-state index >= 15 is 0 Å². The predicted molar refractivity (Wildman–Crippen MR) is 173 cm³/mol. The molecule has 4 rings (SSSR count). The van der Waals surface area contributed by atoms with E-state index in [2.05, 4.69) is 141 Å². The van der Waals surface area contributed by atoms with Gasteiger partial charge in [-0.05, 0) is 36.3 Å². The summed E-state index contributed by atoms with van der Waals surface area (Å²) in [6.07, 6.45) is 4.11. The summed E-state index contributed by atoms with van der Waals surface area (Å²) in [4.78, 5) is 0. The predicted octanol–water partition coefficient (Wildman–Crippen LogP) is 7.39. The van der Waals surface area contributed by atoms with Crippen molar-refractivity contribution in [2.45, 2.75) is 73.1 Å². The molecule has 0 fully saturated rings. The summed E-state index contributed by atoms with van der Waals surface area (Å²) in [6.45, 7) is 23.8. The Labute approximate surface area is 251 Å². The second-order valence-corrected chi connectivity index (χ2v) is 21.1. The molecule has 0 heterocycles. The van der Waals surface area contributed by atoms with Crippen molar-refractivity contribution < 1.29 is 21.7 Å². The summed E-state index contributed by atoms with van der Waals surface area (Å²) in [6, 6.07) is 25.9. The number of rotatable bonds is 5. The summed E-state index contributed by atoms with van der Waals surface area (Å²) in [7, 11) is -4.19. The topological polar surface area (TPSA) is 0 Å². The molecule has 38 heavy (non-hydrogen) atoms. The van der Waals surface area contributed by atoms with Gasteiger partial charge in [0.2, 0.25) is 0 Å². The van der Waals surface area contributed by atoms with Crippen molar-refractivity contribution >= 4 is 36.9 Å². The summed E-state index contributed by atoms with van der Waals surface area (Å²) in [5.41, 5.74) is 8.36. The molecule has 3 heteroatoms. The monoisotopic (exact) mass is 571 g/mol. The van der Waals surface area contributed by atoms with E-state index in [9.17, 15) is 0 Å². The Hall–Kier alpha value is -1.71. The van der Waals surface area contributed by atoms with Crippen molar-refractivity contribution in [3.63, 3.8) is 0 Å². The van der Waals surface area contributed by atoms with Gasteiger partial charge in [-0.1, -0.05) is 134 Å². The second kappa shape index (κ2) is 12.2. The minimum absolute atomic E-state index is 0. The summed E-state index contributed by atoms with van der Waals surface area (Å²) >= 11 is 0. The van der Waals surface area contributed by atoms with E-state index in [-0.39, 0.29) is 41.6 Å². The van der Waals surface area contributed by atoms with Gasteiger partial charge in [-0.2, -0.15) is 11.1 Å². The Morgan fingerprint density at radius 3 is 1.66 bits per heavy atom. The van der Waals surface area contributed by atoms with Gasteiger partial charge in [-0.3, -0.25) is 6.08 Å². The van der Waals surface area contributed by atoms with Gasteiger partial charge >= 0.3 is 21.7 Å². The number of hydrogen-bond acceptors (Lipinski definition) is 0. The molecule has 0 bridgehead atoms. The van der Waals surface area contributed by atoms with E-state index in [0.717, 1.165) is 0 Å². The van der Waals surface area contributed by atoms with E-state index in [1.807, 2.05) is 0 Å². The zero-order chi connectivity index (χ0) is 25.8. The number of aryl methyl sites for hydroxylation is 3. The molecule has 3 aromatic carbocycles. The van der Waals surface area contributed by atoms with Crippen LogP contribution in [0.1, 0.15) is 44.4 Å².